The second-order valence-electron chi connectivity index (χ2n) is 6.81. The van der Waals surface area contributed by atoms with Crippen molar-refractivity contribution in [2.24, 2.45) is 0 Å². The Kier molecular flexibility index (Phi) is 3.59. The summed E-state index contributed by atoms with van der Waals surface area (Å²) >= 11 is 0. The van der Waals surface area contributed by atoms with Crippen LogP contribution in [0.3, 0.4) is 0 Å². The van der Waals surface area contributed by atoms with Gasteiger partial charge in [0.1, 0.15) is 0 Å². The number of anilines is 2. The average Bonchev–Trinajstić information content (AvgIpc) is 2.76. The molecule has 0 fully saturated rings. The van der Waals surface area contributed by atoms with Gasteiger partial charge in [-0.3, -0.25) is 0 Å². The summed E-state index contributed by atoms with van der Waals surface area (Å²) in [5.74, 6) is 0. The fourth-order valence-corrected chi connectivity index (χ4v) is 4.38. The molecule has 0 unspecified atom stereocenters. The zero-order valence-electron chi connectivity index (χ0n) is 14.7. The maximum atomic E-state index is 13.2. The van der Waals surface area contributed by atoms with Crippen LogP contribution >= 0.6 is 0 Å². The highest BCUT2D eigenvalue weighted by molar-refractivity contribution is 5.81. The highest BCUT2D eigenvalue weighted by atomic mass is 16.5. The fraction of sp³-hybridized carbons (Fsp3) is 0.0400. The van der Waals surface area contributed by atoms with Crippen LogP contribution in [0.5, 0.6) is 0 Å². The number of benzene rings is 4. The Morgan fingerprint density at radius 2 is 0.852 bits per heavy atom. The molecule has 1 aliphatic heterocycles. The molecule has 0 atom stereocenters. The molecule has 0 saturated carbocycles. The molecule has 0 N–H and O–H groups in total. The average molecular weight is 348 g/mol. The summed E-state index contributed by atoms with van der Waals surface area (Å²) in [6, 6.07) is 36.8. The highest BCUT2D eigenvalue weighted by Gasteiger charge is 2.46. The van der Waals surface area contributed by atoms with Gasteiger partial charge in [-0.05, 0) is 34.4 Å². The van der Waals surface area contributed by atoms with E-state index in [2.05, 4.69) is 60.7 Å². The molecule has 1 heterocycles. The predicted molar refractivity (Wildman–Crippen MR) is 108 cm³/mol. The lowest BCUT2D eigenvalue weighted by Crippen LogP contribution is -2.37. The van der Waals surface area contributed by atoms with E-state index in [4.69, 9.17) is 0 Å². The van der Waals surface area contributed by atoms with E-state index >= 15 is 0 Å². The van der Waals surface area contributed by atoms with Gasteiger partial charge in [0.05, 0.1) is 16.8 Å². The first-order valence-corrected chi connectivity index (χ1v) is 9.11. The fourth-order valence-electron chi connectivity index (χ4n) is 4.38. The summed E-state index contributed by atoms with van der Waals surface area (Å²) in [5.41, 5.74) is 5.20. The van der Waals surface area contributed by atoms with Crippen LogP contribution in [-0.4, -0.2) is 0 Å². The Hall–Kier alpha value is -3.36. The molecular weight excluding hydrogens is 330 g/mol. The minimum atomic E-state index is -0.531. The summed E-state index contributed by atoms with van der Waals surface area (Å²) < 4.78 is 0. The van der Waals surface area contributed by atoms with Gasteiger partial charge in [-0.2, -0.15) is 5.06 Å². The molecular formula is C25H18NO. The first-order chi connectivity index (χ1) is 13.3. The van der Waals surface area contributed by atoms with Crippen molar-refractivity contribution in [2.45, 2.75) is 5.41 Å². The standard InChI is InChI=1S/C25H18NO/c27-26-23-17-9-7-15-21(23)25(19-11-3-1-4-12-19,20-13-5-2-6-14-20)22-16-8-10-18-24(22)26/h1-18H. The van der Waals surface area contributed by atoms with Gasteiger partial charge in [0.2, 0.25) is 0 Å². The highest BCUT2D eigenvalue weighted by Crippen LogP contribution is 2.55. The number of hydrogen-bond donors (Lipinski definition) is 0. The van der Waals surface area contributed by atoms with Crippen LogP contribution in [0.2, 0.25) is 0 Å². The minimum absolute atomic E-state index is 0.531. The van der Waals surface area contributed by atoms with E-state index in [1.165, 1.54) is 0 Å². The van der Waals surface area contributed by atoms with E-state index in [0.29, 0.717) is 11.4 Å². The molecule has 1 aliphatic rings. The third-order valence-corrected chi connectivity index (χ3v) is 5.47. The van der Waals surface area contributed by atoms with E-state index in [1.807, 2.05) is 48.5 Å². The van der Waals surface area contributed by atoms with Crippen LogP contribution in [-0.2, 0) is 10.6 Å². The topological polar surface area (TPSA) is 23.1 Å². The molecule has 0 amide bonds. The molecule has 0 spiro atoms. The van der Waals surface area contributed by atoms with Crippen LogP contribution in [0.25, 0.3) is 0 Å². The van der Waals surface area contributed by atoms with E-state index in [1.54, 1.807) is 0 Å². The number of rotatable bonds is 2. The normalized spacial score (nSPS) is 14.3. The predicted octanol–water partition coefficient (Wildman–Crippen LogP) is 5.87. The van der Waals surface area contributed by atoms with Crippen molar-refractivity contribution < 1.29 is 5.21 Å². The summed E-state index contributed by atoms with van der Waals surface area (Å²) in [7, 11) is 0. The third kappa shape index (κ3) is 2.17. The van der Waals surface area contributed by atoms with Crippen molar-refractivity contribution in [1.29, 1.82) is 0 Å². The van der Waals surface area contributed by atoms with E-state index in [-0.39, 0.29) is 0 Å². The number of nitrogens with zero attached hydrogens (tertiary/aromatic N) is 1. The van der Waals surface area contributed by atoms with E-state index in [9.17, 15) is 5.21 Å². The molecule has 2 heteroatoms. The quantitative estimate of drug-likeness (QED) is 0.444. The second kappa shape index (κ2) is 6.11. The lowest BCUT2D eigenvalue weighted by molar-refractivity contribution is 0.192. The van der Waals surface area contributed by atoms with Crippen molar-refractivity contribution in [3.8, 4) is 0 Å². The number of para-hydroxylation sites is 2. The van der Waals surface area contributed by atoms with Crippen molar-refractivity contribution >= 4 is 11.4 Å². The molecule has 0 aromatic heterocycles. The molecule has 129 valence electrons. The molecule has 27 heavy (non-hydrogen) atoms. The Labute approximate surface area is 158 Å². The number of hydrogen-bond acceptors (Lipinski definition) is 1. The minimum Gasteiger partial charge on any atom is -0.188 e. The molecule has 0 aliphatic carbocycles. The third-order valence-electron chi connectivity index (χ3n) is 5.47. The summed E-state index contributed by atoms with van der Waals surface area (Å²) in [4.78, 5) is 0. The van der Waals surface area contributed by atoms with Crippen molar-refractivity contribution in [2.75, 3.05) is 5.06 Å². The Morgan fingerprint density at radius 3 is 1.30 bits per heavy atom. The lowest BCUT2D eigenvalue weighted by atomic mass is 9.63. The number of fused-ring (bicyclic) bond motifs is 2. The van der Waals surface area contributed by atoms with Crippen molar-refractivity contribution in [3.05, 3.63) is 131 Å². The Morgan fingerprint density at radius 1 is 0.481 bits per heavy atom. The van der Waals surface area contributed by atoms with Gasteiger partial charge in [0.25, 0.3) is 0 Å². The summed E-state index contributed by atoms with van der Waals surface area (Å²) in [6.07, 6.45) is 0. The molecule has 0 saturated heterocycles. The van der Waals surface area contributed by atoms with Crippen LogP contribution in [0.15, 0.2) is 109 Å². The van der Waals surface area contributed by atoms with Gasteiger partial charge in [-0.1, -0.05) is 102 Å². The monoisotopic (exact) mass is 348 g/mol. The molecule has 5 rings (SSSR count). The lowest BCUT2D eigenvalue weighted by Gasteiger charge is -2.43. The molecule has 4 aromatic rings. The summed E-state index contributed by atoms with van der Waals surface area (Å²) in [6.45, 7) is 0. The SMILES string of the molecule is [O]N1c2ccccc2C(c2ccccc2)(c2ccccc2)c2ccccc21. The molecule has 0 bridgehead atoms. The first-order valence-electron chi connectivity index (χ1n) is 9.11. The maximum absolute atomic E-state index is 13.2. The van der Waals surface area contributed by atoms with Crippen molar-refractivity contribution in [1.82, 2.24) is 0 Å². The smallest absolute Gasteiger partial charge is 0.0774 e. The summed E-state index contributed by atoms with van der Waals surface area (Å²) in [5, 5.41) is 14.2. The van der Waals surface area contributed by atoms with Crippen LogP contribution in [0.4, 0.5) is 11.4 Å². The largest absolute Gasteiger partial charge is 0.188 e. The first kappa shape index (κ1) is 15.9. The zero-order chi connectivity index (χ0) is 18.3. The Bertz CT molecular complexity index is 1000. The molecule has 2 nitrogen and oxygen atoms in total. The van der Waals surface area contributed by atoms with Gasteiger partial charge in [0, 0.05) is 0 Å². The second-order valence-corrected chi connectivity index (χ2v) is 6.81. The Balaban J connectivity index is 1.99. The van der Waals surface area contributed by atoms with Gasteiger partial charge in [0.15, 0.2) is 0 Å². The molecule has 4 aromatic carbocycles. The van der Waals surface area contributed by atoms with E-state index < -0.39 is 5.41 Å². The van der Waals surface area contributed by atoms with Gasteiger partial charge in [-0.25, -0.2) is 0 Å². The van der Waals surface area contributed by atoms with Gasteiger partial charge >= 0.3 is 0 Å². The van der Waals surface area contributed by atoms with E-state index in [0.717, 1.165) is 27.3 Å². The maximum Gasteiger partial charge on any atom is 0.0774 e. The van der Waals surface area contributed by atoms with Gasteiger partial charge < -0.3 is 0 Å². The van der Waals surface area contributed by atoms with Gasteiger partial charge in [-0.15, -0.1) is 0 Å². The van der Waals surface area contributed by atoms with Crippen LogP contribution in [0, 0.1) is 0 Å². The van der Waals surface area contributed by atoms with Crippen LogP contribution < -0.4 is 5.06 Å². The zero-order valence-corrected chi connectivity index (χ0v) is 14.7. The van der Waals surface area contributed by atoms with Crippen molar-refractivity contribution in [3.63, 3.8) is 0 Å². The molecule has 1 radical (unpaired) electrons. The van der Waals surface area contributed by atoms with Crippen LogP contribution in [0.1, 0.15) is 22.3 Å².